The monoisotopic (exact) mass is 387 g/mol. The van der Waals surface area contributed by atoms with Gasteiger partial charge in [-0.15, -0.1) is 0 Å². The molecular formula is C20H24FN4OS+. The number of morpholine rings is 1. The first-order chi connectivity index (χ1) is 13.1. The number of thiocarbonyl (C=S) groups is 1. The SMILES string of the molecule is C/C(=N/NC(=S)Nc1ccc(F)cc1)[C@@H](c1ccccc1)[NH+]1CCOCC1. The third-order valence-corrected chi connectivity index (χ3v) is 4.72. The molecule has 3 rings (SSSR count). The summed E-state index contributed by atoms with van der Waals surface area (Å²) in [4.78, 5) is 1.42. The van der Waals surface area contributed by atoms with Crippen LogP contribution in [0.2, 0.25) is 0 Å². The van der Waals surface area contributed by atoms with Gasteiger partial charge in [-0.05, 0) is 43.4 Å². The van der Waals surface area contributed by atoms with Crippen molar-refractivity contribution in [1.29, 1.82) is 0 Å². The maximum Gasteiger partial charge on any atom is 0.191 e. The summed E-state index contributed by atoms with van der Waals surface area (Å²) < 4.78 is 18.5. The Kier molecular flexibility index (Phi) is 6.86. The lowest BCUT2D eigenvalue weighted by atomic mass is 10.0. The van der Waals surface area contributed by atoms with Crippen molar-refractivity contribution in [2.75, 3.05) is 31.6 Å². The van der Waals surface area contributed by atoms with Crippen LogP contribution in [0.25, 0.3) is 0 Å². The highest BCUT2D eigenvalue weighted by Gasteiger charge is 2.29. The summed E-state index contributed by atoms with van der Waals surface area (Å²) in [6, 6.07) is 16.5. The highest BCUT2D eigenvalue weighted by molar-refractivity contribution is 7.80. The summed E-state index contributed by atoms with van der Waals surface area (Å²) in [5, 5.41) is 7.88. The third-order valence-electron chi connectivity index (χ3n) is 4.53. The molecule has 1 fully saturated rings. The molecule has 0 amide bonds. The van der Waals surface area contributed by atoms with E-state index in [1.165, 1.54) is 22.6 Å². The fourth-order valence-electron chi connectivity index (χ4n) is 3.24. The molecule has 1 heterocycles. The molecule has 142 valence electrons. The summed E-state index contributed by atoms with van der Waals surface area (Å²) in [5.41, 5.74) is 5.78. The van der Waals surface area contributed by atoms with Gasteiger partial charge in [0, 0.05) is 11.3 Å². The quantitative estimate of drug-likeness (QED) is 0.418. The number of hydrogen-bond donors (Lipinski definition) is 3. The van der Waals surface area contributed by atoms with Crippen LogP contribution in [0.4, 0.5) is 10.1 Å². The fraction of sp³-hybridized carbons (Fsp3) is 0.300. The normalized spacial score (nSPS) is 16.6. The van der Waals surface area contributed by atoms with Gasteiger partial charge in [0.25, 0.3) is 0 Å². The second kappa shape index (κ2) is 9.55. The smallest absolute Gasteiger partial charge is 0.191 e. The van der Waals surface area contributed by atoms with E-state index in [2.05, 4.69) is 28.0 Å². The summed E-state index contributed by atoms with van der Waals surface area (Å²) >= 11 is 5.30. The van der Waals surface area contributed by atoms with E-state index in [0.29, 0.717) is 10.8 Å². The highest BCUT2D eigenvalue weighted by atomic mass is 32.1. The number of hydrazone groups is 1. The molecule has 0 spiro atoms. The van der Waals surface area contributed by atoms with Crippen LogP contribution in [-0.4, -0.2) is 37.1 Å². The molecule has 0 saturated carbocycles. The molecule has 3 N–H and O–H groups in total. The molecule has 1 saturated heterocycles. The molecule has 27 heavy (non-hydrogen) atoms. The molecule has 2 aromatic carbocycles. The lowest BCUT2D eigenvalue weighted by molar-refractivity contribution is -0.928. The van der Waals surface area contributed by atoms with Crippen molar-refractivity contribution in [3.8, 4) is 0 Å². The Morgan fingerprint density at radius 3 is 2.44 bits per heavy atom. The molecule has 0 aromatic heterocycles. The predicted octanol–water partition coefficient (Wildman–Crippen LogP) is 2.14. The molecule has 1 aliphatic rings. The zero-order valence-corrected chi connectivity index (χ0v) is 16.1. The van der Waals surface area contributed by atoms with Gasteiger partial charge in [-0.1, -0.05) is 30.3 Å². The van der Waals surface area contributed by atoms with Crippen molar-refractivity contribution in [2.24, 2.45) is 5.10 Å². The van der Waals surface area contributed by atoms with E-state index in [4.69, 9.17) is 17.0 Å². The number of rotatable bonds is 5. The van der Waals surface area contributed by atoms with Gasteiger partial charge in [0.1, 0.15) is 18.9 Å². The summed E-state index contributed by atoms with van der Waals surface area (Å²) in [7, 11) is 0. The number of hydrogen-bond acceptors (Lipinski definition) is 3. The van der Waals surface area contributed by atoms with Crippen LogP contribution < -0.4 is 15.6 Å². The molecule has 7 heteroatoms. The van der Waals surface area contributed by atoms with Crippen molar-refractivity contribution < 1.29 is 14.0 Å². The van der Waals surface area contributed by atoms with Gasteiger partial charge >= 0.3 is 0 Å². The number of ether oxygens (including phenoxy) is 1. The highest BCUT2D eigenvalue weighted by Crippen LogP contribution is 2.12. The van der Waals surface area contributed by atoms with E-state index in [1.807, 2.05) is 25.1 Å². The Morgan fingerprint density at radius 2 is 1.78 bits per heavy atom. The average molecular weight is 388 g/mol. The van der Waals surface area contributed by atoms with Gasteiger partial charge in [0.05, 0.1) is 18.9 Å². The minimum absolute atomic E-state index is 0.135. The van der Waals surface area contributed by atoms with E-state index in [1.54, 1.807) is 12.1 Å². The van der Waals surface area contributed by atoms with Crippen molar-refractivity contribution in [3.63, 3.8) is 0 Å². The van der Waals surface area contributed by atoms with E-state index in [0.717, 1.165) is 32.0 Å². The van der Waals surface area contributed by atoms with Gasteiger partial charge in [0.15, 0.2) is 11.2 Å². The number of nitrogens with one attached hydrogen (secondary N) is 3. The Balaban J connectivity index is 1.69. The molecule has 1 aliphatic heterocycles. The maximum absolute atomic E-state index is 13.0. The zero-order chi connectivity index (χ0) is 19.1. The minimum atomic E-state index is -0.285. The van der Waals surface area contributed by atoms with Gasteiger partial charge in [0.2, 0.25) is 0 Å². The van der Waals surface area contributed by atoms with Crippen LogP contribution in [0.15, 0.2) is 59.7 Å². The van der Waals surface area contributed by atoms with Crippen LogP contribution in [0.3, 0.4) is 0 Å². The average Bonchev–Trinajstić information content (AvgIpc) is 2.70. The first kappa shape index (κ1) is 19.4. The Labute approximate surface area is 164 Å². The first-order valence-corrected chi connectivity index (χ1v) is 9.38. The Bertz CT molecular complexity index is 776. The number of halogens is 1. The summed E-state index contributed by atoms with van der Waals surface area (Å²) in [6.45, 7) is 5.39. The Morgan fingerprint density at radius 1 is 1.11 bits per heavy atom. The van der Waals surface area contributed by atoms with Gasteiger partial charge in [-0.2, -0.15) is 5.10 Å². The summed E-state index contributed by atoms with van der Waals surface area (Å²) in [6.07, 6.45) is 0. The number of quaternary nitrogens is 1. The minimum Gasteiger partial charge on any atom is -0.370 e. The van der Waals surface area contributed by atoms with Crippen molar-refractivity contribution >= 4 is 28.7 Å². The van der Waals surface area contributed by atoms with Gasteiger partial charge in [-0.3, -0.25) is 5.43 Å². The van der Waals surface area contributed by atoms with Crippen LogP contribution in [0.1, 0.15) is 18.5 Å². The molecule has 0 bridgehead atoms. The first-order valence-electron chi connectivity index (χ1n) is 8.97. The van der Waals surface area contributed by atoms with Gasteiger partial charge < -0.3 is 15.0 Å². The largest absolute Gasteiger partial charge is 0.370 e. The van der Waals surface area contributed by atoms with E-state index in [-0.39, 0.29) is 11.9 Å². The molecule has 5 nitrogen and oxygen atoms in total. The zero-order valence-electron chi connectivity index (χ0n) is 15.2. The topological polar surface area (TPSA) is 50.1 Å². The van der Waals surface area contributed by atoms with Crippen molar-refractivity contribution in [1.82, 2.24) is 5.43 Å². The van der Waals surface area contributed by atoms with E-state index in [9.17, 15) is 4.39 Å². The molecule has 0 aliphatic carbocycles. The molecule has 0 radical (unpaired) electrons. The predicted molar refractivity (Wildman–Crippen MR) is 110 cm³/mol. The number of nitrogens with zero attached hydrogens (tertiary/aromatic N) is 1. The lowest BCUT2D eigenvalue weighted by Crippen LogP contribution is -3.15. The van der Waals surface area contributed by atoms with Crippen LogP contribution in [-0.2, 0) is 4.74 Å². The van der Waals surface area contributed by atoms with Gasteiger partial charge in [-0.25, -0.2) is 4.39 Å². The van der Waals surface area contributed by atoms with Crippen LogP contribution in [0, 0.1) is 5.82 Å². The van der Waals surface area contributed by atoms with Crippen LogP contribution in [0.5, 0.6) is 0 Å². The van der Waals surface area contributed by atoms with Crippen molar-refractivity contribution in [3.05, 3.63) is 66.0 Å². The lowest BCUT2D eigenvalue weighted by Gasteiger charge is -2.31. The third kappa shape index (κ3) is 5.56. The molecule has 2 aromatic rings. The second-order valence-corrected chi connectivity index (χ2v) is 6.85. The Hall–Kier alpha value is -2.35. The maximum atomic E-state index is 13.0. The number of anilines is 1. The second-order valence-electron chi connectivity index (χ2n) is 6.44. The molecular weight excluding hydrogens is 363 g/mol. The number of benzene rings is 2. The van der Waals surface area contributed by atoms with E-state index < -0.39 is 0 Å². The molecule has 1 atom stereocenters. The van der Waals surface area contributed by atoms with Crippen LogP contribution >= 0.6 is 12.2 Å². The van der Waals surface area contributed by atoms with E-state index >= 15 is 0 Å². The summed E-state index contributed by atoms with van der Waals surface area (Å²) in [5.74, 6) is -0.285. The van der Waals surface area contributed by atoms with Crippen molar-refractivity contribution in [2.45, 2.75) is 13.0 Å². The fourth-order valence-corrected chi connectivity index (χ4v) is 3.40. The standard InChI is InChI=1S/C20H23FN4OS/c1-15(23-24-20(27)22-18-9-7-17(21)8-10-18)19(16-5-3-2-4-6-16)25-11-13-26-14-12-25/h2-10,19H,11-14H2,1H3,(H2,22,24,27)/p+1/b23-15-/t19-/m0/s1. The molecule has 0 unspecified atom stereocenters.